The van der Waals surface area contributed by atoms with E-state index in [1.54, 1.807) is 4.90 Å². The molecule has 2 fully saturated rings. The van der Waals surface area contributed by atoms with Crippen LogP contribution in [0, 0.1) is 0 Å². The second-order valence-electron chi connectivity index (χ2n) is 4.43. The van der Waals surface area contributed by atoms with Gasteiger partial charge in [0.05, 0.1) is 13.0 Å². The zero-order valence-electron chi connectivity index (χ0n) is 9.24. The van der Waals surface area contributed by atoms with Gasteiger partial charge in [-0.1, -0.05) is 6.92 Å². The van der Waals surface area contributed by atoms with Crippen LogP contribution in [0.4, 0.5) is 0 Å². The van der Waals surface area contributed by atoms with Crippen LogP contribution in [0.5, 0.6) is 0 Å². The summed E-state index contributed by atoms with van der Waals surface area (Å²) in [6.45, 7) is 5.59. The summed E-state index contributed by atoms with van der Waals surface area (Å²) < 4.78 is 0. The van der Waals surface area contributed by atoms with Gasteiger partial charge in [0.25, 0.3) is 0 Å². The van der Waals surface area contributed by atoms with E-state index in [-0.39, 0.29) is 24.2 Å². The van der Waals surface area contributed by atoms with Gasteiger partial charge in [0.1, 0.15) is 0 Å². The first kappa shape index (κ1) is 10.6. The van der Waals surface area contributed by atoms with Crippen LogP contribution in [0.2, 0.25) is 0 Å². The fourth-order valence-corrected chi connectivity index (χ4v) is 2.51. The molecule has 84 valence electrons. The number of rotatable bonds is 2. The second kappa shape index (κ2) is 4.31. The molecule has 2 rings (SSSR count). The third-order valence-corrected chi connectivity index (χ3v) is 3.38. The largest absolute Gasteiger partial charge is 0.331 e. The molecule has 2 heterocycles. The molecule has 2 aliphatic rings. The average Bonchev–Trinajstić information content (AvgIpc) is 2.58. The average molecular weight is 210 g/mol. The summed E-state index contributed by atoms with van der Waals surface area (Å²) in [5.41, 5.74) is 0. The van der Waals surface area contributed by atoms with Gasteiger partial charge in [0.15, 0.2) is 5.78 Å². The Morgan fingerprint density at radius 1 is 1.40 bits per heavy atom. The van der Waals surface area contributed by atoms with Crippen LogP contribution >= 0.6 is 0 Å². The first-order chi connectivity index (χ1) is 7.20. The third-order valence-electron chi connectivity index (χ3n) is 3.38. The molecule has 0 aromatic carbocycles. The quantitative estimate of drug-likeness (QED) is 0.614. The van der Waals surface area contributed by atoms with Crippen LogP contribution in [-0.2, 0) is 9.59 Å². The maximum atomic E-state index is 11.6. The number of likely N-dealkylation sites (N-methyl/N-ethyl adjacent to an activating group) is 1. The number of carbonyl (C=O) groups excluding carboxylic acids is 2. The lowest BCUT2D eigenvalue weighted by molar-refractivity contribution is -0.130. The van der Waals surface area contributed by atoms with Crippen LogP contribution in [-0.4, -0.2) is 53.7 Å². The third kappa shape index (κ3) is 2.20. The van der Waals surface area contributed by atoms with E-state index in [0.29, 0.717) is 6.54 Å². The fraction of sp³-hybridized carbons (Fsp3) is 0.818. The Bertz CT molecular complexity index is 278. The molecule has 0 aromatic rings. The minimum atomic E-state index is 0.0305. The number of amides is 1. The number of likely N-dealkylation sites (tertiary alicyclic amines) is 2. The first-order valence-electron chi connectivity index (χ1n) is 5.74. The number of hydrogen-bond donors (Lipinski definition) is 0. The molecule has 0 radical (unpaired) electrons. The van der Waals surface area contributed by atoms with E-state index in [0.717, 1.165) is 32.5 Å². The zero-order valence-corrected chi connectivity index (χ0v) is 9.24. The highest BCUT2D eigenvalue weighted by Crippen LogP contribution is 2.19. The number of ketones is 1. The van der Waals surface area contributed by atoms with Crippen molar-refractivity contribution in [2.24, 2.45) is 0 Å². The van der Waals surface area contributed by atoms with Gasteiger partial charge in [-0.2, -0.15) is 0 Å². The number of hydrogen-bond acceptors (Lipinski definition) is 3. The molecular formula is C11H18N2O2. The molecule has 1 atom stereocenters. The Labute approximate surface area is 90.2 Å². The highest BCUT2D eigenvalue weighted by Gasteiger charge is 2.34. The van der Waals surface area contributed by atoms with Crippen molar-refractivity contribution < 1.29 is 9.59 Å². The molecule has 0 saturated carbocycles. The maximum Gasteiger partial charge on any atom is 0.230 e. The maximum absolute atomic E-state index is 11.6. The molecular weight excluding hydrogens is 192 g/mol. The summed E-state index contributed by atoms with van der Waals surface area (Å²) in [6.07, 6.45) is 2.31. The molecule has 1 amide bonds. The molecule has 0 spiro atoms. The van der Waals surface area contributed by atoms with E-state index < -0.39 is 0 Å². The van der Waals surface area contributed by atoms with Gasteiger partial charge in [-0.25, -0.2) is 0 Å². The fourth-order valence-electron chi connectivity index (χ4n) is 2.51. The molecule has 4 heteroatoms. The topological polar surface area (TPSA) is 40.6 Å². The predicted octanol–water partition coefficient (Wildman–Crippen LogP) is 0.272. The molecule has 0 N–H and O–H groups in total. The Morgan fingerprint density at radius 2 is 2.20 bits per heavy atom. The van der Waals surface area contributed by atoms with Crippen molar-refractivity contribution in [3.63, 3.8) is 0 Å². The molecule has 1 unspecified atom stereocenters. The predicted molar refractivity (Wildman–Crippen MR) is 56.5 cm³/mol. The van der Waals surface area contributed by atoms with Crippen LogP contribution in [0.1, 0.15) is 26.2 Å². The van der Waals surface area contributed by atoms with Gasteiger partial charge in [0.2, 0.25) is 5.91 Å². The standard InChI is InChI=1S/C11H18N2O2/c1-2-12-5-3-4-9(7-12)13-8-10(14)6-11(13)15/h9H,2-8H2,1H3. The number of Topliss-reactive ketones (excluding diaryl/α,β-unsaturated/α-hetero) is 1. The Kier molecular flexibility index (Phi) is 3.05. The summed E-state index contributed by atoms with van der Waals surface area (Å²) in [6, 6.07) is 0.276. The summed E-state index contributed by atoms with van der Waals surface area (Å²) in [7, 11) is 0. The van der Waals surface area contributed by atoms with E-state index >= 15 is 0 Å². The van der Waals surface area contributed by atoms with Crippen LogP contribution in [0.15, 0.2) is 0 Å². The van der Waals surface area contributed by atoms with Gasteiger partial charge >= 0.3 is 0 Å². The van der Waals surface area contributed by atoms with Gasteiger partial charge in [-0.05, 0) is 25.9 Å². The lowest BCUT2D eigenvalue weighted by atomic mass is 10.0. The number of nitrogens with zero attached hydrogens (tertiary/aromatic N) is 2. The molecule has 2 aliphatic heterocycles. The van der Waals surface area contributed by atoms with E-state index in [1.807, 2.05) is 0 Å². The van der Waals surface area contributed by atoms with Gasteiger partial charge in [-0.15, -0.1) is 0 Å². The van der Waals surface area contributed by atoms with Crippen molar-refractivity contribution in [1.29, 1.82) is 0 Å². The highest BCUT2D eigenvalue weighted by atomic mass is 16.2. The minimum Gasteiger partial charge on any atom is -0.331 e. The summed E-state index contributed by atoms with van der Waals surface area (Å²) in [5.74, 6) is 0.108. The molecule has 0 bridgehead atoms. The normalized spacial score (nSPS) is 28.9. The Balaban J connectivity index is 1.98. The van der Waals surface area contributed by atoms with E-state index in [1.165, 1.54) is 0 Å². The van der Waals surface area contributed by atoms with E-state index in [9.17, 15) is 9.59 Å². The van der Waals surface area contributed by atoms with Gasteiger partial charge in [0, 0.05) is 12.6 Å². The number of carbonyl (C=O) groups is 2. The number of piperidine rings is 1. The van der Waals surface area contributed by atoms with Crippen LogP contribution in [0.3, 0.4) is 0 Å². The molecule has 2 saturated heterocycles. The van der Waals surface area contributed by atoms with Crippen molar-refractivity contribution >= 4 is 11.7 Å². The van der Waals surface area contributed by atoms with Crippen molar-refractivity contribution in [2.75, 3.05) is 26.2 Å². The highest BCUT2D eigenvalue weighted by molar-refractivity contribution is 6.05. The summed E-state index contributed by atoms with van der Waals surface area (Å²) >= 11 is 0. The lowest BCUT2D eigenvalue weighted by Gasteiger charge is -2.36. The molecule has 15 heavy (non-hydrogen) atoms. The Morgan fingerprint density at radius 3 is 2.80 bits per heavy atom. The van der Waals surface area contributed by atoms with E-state index in [2.05, 4.69) is 11.8 Å². The van der Waals surface area contributed by atoms with Crippen molar-refractivity contribution in [2.45, 2.75) is 32.2 Å². The van der Waals surface area contributed by atoms with E-state index in [4.69, 9.17) is 0 Å². The van der Waals surface area contributed by atoms with Crippen molar-refractivity contribution in [3.05, 3.63) is 0 Å². The van der Waals surface area contributed by atoms with Crippen LogP contribution < -0.4 is 0 Å². The van der Waals surface area contributed by atoms with Gasteiger partial charge in [-0.3, -0.25) is 9.59 Å². The van der Waals surface area contributed by atoms with Crippen LogP contribution in [0.25, 0.3) is 0 Å². The van der Waals surface area contributed by atoms with Crippen molar-refractivity contribution in [3.8, 4) is 0 Å². The lowest BCUT2D eigenvalue weighted by Crippen LogP contribution is -2.48. The molecule has 4 nitrogen and oxygen atoms in total. The minimum absolute atomic E-state index is 0.0305. The zero-order chi connectivity index (χ0) is 10.8. The second-order valence-corrected chi connectivity index (χ2v) is 4.43. The van der Waals surface area contributed by atoms with Gasteiger partial charge < -0.3 is 9.80 Å². The summed E-state index contributed by atoms with van der Waals surface area (Å²) in [4.78, 5) is 26.9. The molecule has 0 aliphatic carbocycles. The summed E-state index contributed by atoms with van der Waals surface area (Å²) in [5, 5.41) is 0. The smallest absolute Gasteiger partial charge is 0.230 e. The van der Waals surface area contributed by atoms with Crippen molar-refractivity contribution in [1.82, 2.24) is 9.80 Å². The Hall–Kier alpha value is -0.900. The first-order valence-corrected chi connectivity index (χ1v) is 5.74. The monoisotopic (exact) mass is 210 g/mol. The molecule has 0 aromatic heterocycles. The SMILES string of the molecule is CCN1CCCC(N2CC(=O)CC2=O)C1.